The predicted molar refractivity (Wildman–Crippen MR) is 160 cm³/mol. The molecule has 1 atom stereocenters. The minimum atomic E-state index is 0.0968. The van der Waals surface area contributed by atoms with Crippen LogP contribution < -0.4 is 0 Å². The third kappa shape index (κ3) is 6.95. The molecule has 2 fully saturated rings. The number of amides is 2. The molecule has 2 aromatic carbocycles. The number of rotatable bonds is 10. The number of carbonyl (C=O) groups excluding carboxylic acids is 2. The lowest BCUT2D eigenvalue weighted by atomic mass is 10.0. The molecule has 1 aliphatic carbocycles. The van der Waals surface area contributed by atoms with Crippen molar-refractivity contribution in [2.24, 2.45) is 5.92 Å². The largest absolute Gasteiger partial charge is 0.339 e. The molecule has 1 aliphatic heterocycles. The van der Waals surface area contributed by atoms with Gasteiger partial charge >= 0.3 is 0 Å². The molecule has 7 nitrogen and oxygen atoms in total. The molecule has 0 bridgehead atoms. The van der Waals surface area contributed by atoms with E-state index in [9.17, 15) is 9.59 Å². The van der Waals surface area contributed by atoms with Crippen LogP contribution in [0.2, 0.25) is 0 Å². The van der Waals surface area contributed by atoms with Crippen molar-refractivity contribution in [3.8, 4) is 5.69 Å². The van der Waals surface area contributed by atoms with Gasteiger partial charge in [-0.15, -0.1) is 10.2 Å². The van der Waals surface area contributed by atoms with Crippen LogP contribution >= 0.6 is 11.8 Å². The van der Waals surface area contributed by atoms with Crippen molar-refractivity contribution in [2.75, 3.05) is 25.4 Å². The van der Waals surface area contributed by atoms with Gasteiger partial charge in [-0.1, -0.05) is 72.6 Å². The Morgan fingerprint density at radius 1 is 0.950 bits per heavy atom. The Morgan fingerprint density at radius 2 is 1.70 bits per heavy atom. The molecular formula is C32H41N5O2S. The number of hydrogen-bond donors (Lipinski definition) is 0. The van der Waals surface area contributed by atoms with Gasteiger partial charge < -0.3 is 9.80 Å². The van der Waals surface area contributed by atoms with E-state index in [0.717, 1.165) is 48.1 Å². The maximum absolute atomic E-state index is 12.9. The van der Waals surface area contributed by atoms with Gasteiger partial charge in [0.2, 0.25) is 11.8 Å². The maximum atomic E-state index is 12.9. The van der Waals surface area contributed by atoms with Crippen molar-refractivity contribution in [3.05, 3.63) is 71.5 Å². The van der Waals surface area contributed by atoms with Crippen molar-refractivity contribution < 1.29 is 9.59 Å². The van der Waals surface area contributed by atoms with E-state index < -0.39 is 0 Å². The molecule has 0 spiro atoms. The summed E-state index contributed by atoms with van der Waals surface area (Å²) in [4.78, 5) is 29.8. The predicted octanol–water partition coefficient (Wildman–Crippen LogP) is 5.68. The monoisotopic (exact) mass is 559 g/mol. The number of benzene rings is 2. The molecule has 8 heteroatoms. The third-order valence-corrected chi connectivity index (χ3v) is 9.20. The van der Waals surface area contributed by atoms with Gasteiger partial charge in [-0.3, -0.25) is 14.2 Å². The zero-order valence-electron chi connectivity index (χ0n) is 23.8. The Labute approximate surface area is 242 Å². The number of aryl methyl sites for hydroxylation is 1. The SMILES string of the molecule is Cc1ccc(-n2c(Cc3ccccc3)nnc2SCCCCC(=O)N2CCN(C(=O)C3CCCC3)C(C)C2)cc1. The van der Waals surface area contributed by atoms with E-state index in [1.54, 1.807) is 11.8 Å². The fraction of sp³-hybridized carbons (Fsp3) is 0.500. The molecular weight excluding hydrogens is 518 g/mol. The minimum absolute atomic E-state index is 0.0968. The van der Waals surface area contributed by atoms with Crippen LogP contribution in [-0.4, -0.2) is 67.8 Å². The second-order valence-electron chi connectivity index (χ2n) is 11.2. The number of piperazine rings is 1. The average molecular weight is 560 g/mol. The molecule has 1 unspecified atom stereocenters. The molecule has 1 saturated heterocycles. The van der Waals surface area contributed by atoms with Gasteiger partial charge in [-0.25, -0.2) is 0 Å². The summed E-state index contributed by atoms with van der Waals surface area (Å²) in [6, 6.07) is 18.9. The first kappa shape index (κ1) is 28.4. The Kier molecular flexibility index (Phi) is 9.57. The molecule has 0 N–H and O–H groups in total. The second-order valence-corrected chi connectivity index (χ2v) is 12.3. The van der Waals surface area contributed by atoms with E-state index in [1.807, 2.05) is 15.9 Å². The first-order valence-corrected chi connectivity index (χ1v) is 15.7. The molecule has 2 aliphatic rings. The average Bonchev–Trinajstić information content (AvgIpc) is 3.64. The molecule has 40 heavy (non-hydrogen) atoms. The summed E-state index contributed by atoms with van der Waals surface area (Å²) >= 11 is 1.70. The van der Waals surface area contributed by atoms with E-state index >= 15 is 0 Å². The Balaban J connectivity index is 1.11. The van der Waals surface area contributed by atoms with Crippen molar-refractivity contribution in [1.82, 2.24) is 24.6 Å². The summed E-state index contributed by atoms with van der Waals surface area (Å²) in [5.41, 5.74) is 3.49. The normalized spacial score (nSPS) is 17.9. The van der Waals surface area contributed by atoms with E-state index in [0.29, 0.717) is 38.4 Å². The van der Waals surface area contributed by atoms with E-state index in [1.165, 1.54) is 24.0 Å². The van der Waals surface area contributed by atoms with E-state index in [4.69, 9.17) is 0 Å². The summed E-state index contributed by atoms with van der Waals surface area (Å²) in [6.07, 6.45) is 7.43. The van der Waals surface area contributed by atoms with Crippen molar-refractivity contribution in [1.29, 1.82) is 0 Å². The van der Waals surface area contributed by atoms with Crippen LogP contribution in [0.15, 0.2) is 59.8 Å². The molecule has 212 valence electrons. The highest BCUT2D eigenvalue weighted by Crippen LogP contribution is 2.28. The summed E-state index contributed by atoms with van der Waals surface area (Å²) in [6.45, 7) is 6.14. The minimum Gasteiger partial charge on any atom is -0.339 e. The van der Waals surface area contributed by atoms with Crippen LogP contribution in [0.1, 0.15) is 68.8 Å². The fourth-order valence-corrected chi connectivity index (χ4v) is 6.83. The van der Waals surface area contributed by atoms with Crippen LogP contribution in [-0.2, 0) is 16.0 Å². The molecule has 0 radical (unpaired) electrons. The molecule has 1 saturated carbocycles. The van der Waals surface area contributed by atoms with E-state index in [2.05, 4.69) is 77.1 Å². The molecule has 1 aromatic heterocycles. The van der Waals surface area contributed by atoms with Gasteiger partial charge in [0.15, 0.2) is 5.16 Å². The highest BCUT2D eigenvalue weighted by atomic mass is 32.2. The Hall–Kier alpha value is -3.13. The second kappa shape index (κ2) is 13.5. The first-order chi connectivity index (χ1) is 19.5. The maximum Gasteiger partial charge on any atom is 0.226 e. The summed E-state index contributed by atoms with van der Waals surface area (Å²) in [7, 11) is 0. The topological polar surface area (TPSA) is 71.3 Å². The highest BCUT2D eigenvalue weighted by molar-refractivity contribution is 7.99. The summed E-state index contributed by atoms with van der Waals surface area (Å²) in [5.74, 6) is 2.51. The molecule has 3 aromatic rings. The standard InChI is InChI=1S/C32H41N5O2S/c1-24-15-17-28(18-16-24)37-29(22-26-10-4-3-5-11-26)33-34-32(37)40-21-9-8-14-30(38)35-19-20-36(25(2)23-35)31(39)27-12-6-7-13-27/h3-5,10-11,15-18,25,27H,6-9,12-14,19-23H2,1-2H3. The van der Waals surface area contributed by atoms with Gasteiger partial charge in [0.05, 0.1) is 0 Å². The molecule has 2 amide bonds. The van der Waals surface area contributed by atoms with Crippen LogP contribution in [0.4, 0.5) is 0 Å². The lowest BCUT2D eigenvalue weighted by Crippen LogP contribution is -2.56. The van der Waals surface area contributed by atoms with Crippen molar-refractivity contribution in [3.63, 3.8) is 0 Å². The smallest absolute Gasteiger partial charge is 0.226 e. The van der Waals surface area contributed by atoms with Gasteiger partial charge in [0.25, 0.3) is 0 Å². The van der Waals surface area contributed by atoms with Gasteiger partial charge in [0, 0.05) is 55.9 Å². The number of hydrogen-bond acceptors (Lipinski definition) is 5. The Bertz CT molecular complexity index is 1270. The van der Waals surface area contributed by atoms with Crippen LogP contribution in [0.25, 0.3) is 5.69 Å². The summed E-state index contributed by atoms with van der Waals surface area (Å²) in [5, 5.41) is 9.98. The van der Waals surface area contributed by atoms with Gasteiger partial charge in [-0.05, 0) is 57.2 Å². The number of carbonyl (C=O) groups is 2. The highest BCUT2D eigenvalue weighted by Gasteiger charge is 2.34. The number of aromatic nitrogens is 3. The van der Waals surface area contributed by atoms with Crippen LogP contribution in [0, 0.1) is 12.8 Å². The third-order valence-electron chi connectivity index (χ3n) is 8.18. The number of unbranched alkanes of at least 4 members (excludes halogenated alkanes) is 1. The van der Waals surface area contributed by atoms with Crippen molar-refractivity contribution >= 4 is 23.6 Å². The number of thioether (sulfide) groups is 1. The lowest BCUT2D eigenvalue weighted by molar-refractivity contribution is -0.145. The fourth-order valence-electron chi connectivity index (χ4n) is 5.86. The zero-order valence-corrected chi connectivity index (χ0v) is 24.6. The van der Waals surface area contributed by atoms with Crippen molar-refractivity contribution in [2.45, 2.75) is 76.4 Å². The quantitative estimate of drug-likeness (QED) is 0.236. The zero-order chi connectivity index (χ0) is 27.9. The Morgan fingerprint density at radius 3 is 2.42 bits per heavy atom. The van der Waals surface area contributed by atoms with Gasteiger partial charge in [-0.2, -0.15) is 0 Å². The molecule has 5 rings (SSSR count). The van der Waals surface area contributed by atoms with Gasteiger partial charge in [0.1, 0.15) is 5.82 Å². The molecule has 2 heterocycles. The first-order valence-electron chi connectivity index (χ1n) is 14.8. The summed E-state index contributed by atoms with van der Waals surface area (Å²) < 4.78 is 2.16. The van der Waals surface area contributed by atoms with Crippen LogP contribution in [0.5, 0.6) is 0 Å². The van der Waals surface area contributed by atoms with E-state index in [-0.39, 0.29) is 17.9 Å². The van der Waals surface area contributed by atoms with Crippen LogP contribution in [0.3, 0.4) is 0 Å². The lowest BCUT2D eigenvalue weighted by Gasteiger charge is -2.41. The number of nitrogens with zero attached hydrogens (tertiary/aromatic N) is 5.